The van der Waals surface area contributed by atoms with E-state index in [-0.39, 0.29) is 11.6 Å². The van der Waals surface area contributed by atoms with E-state index in [1.54, 1.807) is 18.3 Å². The highest BCUT2D eigenvalue weighted by Gasteiger charge is 2.12. The van der Waals surface area contributed by atoms with Gasteiger partial charge in [-0.2, -0.15) is 10.4 Å². The third-order valence-corrected chi connectivity index (χ3v) is 3.77. The van der Waals surface area contributed by atoms with E-state index in [1.807, 2.05) is 18.2 Å². The summed E-state index contributed by atoms with van der Waals surface area (Å²) in [5, 5.41) is 13.9. The lowest BCUT2D eigenvalue weighted by Crippen LogP contribution is -1.91. The SMILES string of the molecule is CCCCCCCc1nc(C#N)c(N/N=C\c2ccc(Cl)cc2)o1. The highest BCUT2D eigenvalue weighted by Crippen LogP contribution is 2.18. The average Bonchev–Trinajstić information content (AvgIpc) is 2.99. The van der Waals surface area contributed by atoms with Crippen LogP contribution in [-0.2, 0) is 6.42 Å². The number of aryl methyl sites for hydroxylation is 1. The number of aromatic nitrogens is 1. The summed E-state index contributed by atoms with van der Waals surface area (Å²) in [5.74, 6) is 0.860. The molecule has 0 fully saturated rings. The molecule has 0 aliphatic carbocycles. The van der Waals surface area contributed by atoms with Crippen molar-refractivity contribution in [3.63, 3.8) is 0 Å². The molecule has 2 rings (SSSR count). The van der Waals surface area contributed by atoms with Crippen molar-refractivity contribution in [2.75, 3.05) is 5.43 Å². The third kappa shape index (κ3) is 5.71. The molecule has 126 valence electrons. The van der Waals surface area contributed by atoms with Crippen LogP contribution in [0.4, 0.5) is 5.88 Å². The largest absolute Gasteiger partial charge is 0.422 e. The fraction of sp³-hybridized carbons (Fsp3) is 0.389. The number of rotatable bonds is 9. The minimum Gasteiger partial charge on any atom is -0.422 e. The van der Waals surface area contributed by atoms with Crippen molar-refractivity contribution >= 4 is 23.7 Å². The molecule has 0 unspecified atom stereocenters. The van der Waals surface area contributed by atoms with Gasteiger partial charge in [0, 0.05) is 11.4 Å². The van der Waals surface area contributed by atoms with Gasteiger partial charge in [0.25, 0.3) is 5.88 Å². The lowest BCUT2D eigenvalue weighted by Gasteiger charge is -1.97. The number of nitrogens with zero attached hydrogens (tertiary/aromatic N) is 3. The summed E-state index contributed by atoms with van der Waals surface area (Å²) in [5.41, 5.74) is 3.86. The molecule has 1 N–H and O–H groups in total. The molecular weight excluding hydrogens is 324 g/mol. The highest BCUT2D eigenvalue weighted by atomic mass is 35.5. The Morgan fingerprint density at radius 2 is 2.00 bits per heavy atom. The van der Waals surface area contributed by atoms with Crippen LogP contribution in [0.15, 0.2) is 33.8 Å². The van der Waals surface area contributed by atoms with Crippen molar-refractivity contribution in [2.24, 2.45) is 5.10 Å². The molecule has 0 saturated heterocycles. The average molecular weight is 345 g/mol. The molecule has 1 heterocycles. The topological polar surface area (TPSA) is 74.2 Å². The van der Waals surface area contributed by atoms with Crippen molar-refractivity contribution in [1.29, 1.82) is 5.26 Å². The molecule has 0 radical (unpaired) electrons. The summed E-state index contributed by atoms with van der Waals surface area (Å²) >= 11 is 5.83. The Kier molecular flexibility index (Phi) is 7.31. The lowest BCUT2D eigenvalue weighted by atomic mass is 10.1. The van der Waals surface area contributed by atoms with Gasteiger partial charge in [0.15, 0.2) is 5.89 Å². The van der Waals surface area contributed by atoms with Crippen LogP contribution in [-0.4, -0.2) is 11.2 Å². The lowest BCUT2D eigenvalue weighted by molar-refractivity contribution is 0.488. The van der Waals surface area contributed by atoms with E-state index in [2.05, 4.69) is 22.4 Å². The summed E-state index contributed by atoms with van der Waals surface area (Å²) in [4.78, 5) is 4.20. The van der Waals surface area contributed by atoms with Crippen LogP contribution in [0.5, 0.6) is 0 Å². The van der Waals surface area contributed by atoms with Gasteiger partial charge in [0.1, 0.15) is 6.07 Å². The zero-order chi connectivity index (χ0) is 17.2. The standard InChI is InChI=1S/C18H21ClN4O/c1-2-3-4-5-6-7-17-22-16(12-20)18(24-17)23-21-13-14-8-10-15(19)11-9-14/h8-11,13,23H,2-7H2,1H3/b21-13-. The molecule has 6 heteroatoms. The molecule has 0 atom stereocenters. The molecule has 0 aliphatic rings. The number of anilines is 1. The second-order valence-electron chi connectivity index (χ2n) is 5.48. The molecule has 24 heavy (non-hydrogen) atoms. The van der Waals surface area contributed by atoms with Crippen LogP contribution in [0, 0.1) is 11.3 Å². The van der Waals surface area contributed by atoms with Gasteiger partial charge in [0.05, 0.1) is 6.21 Å². The second-order valence-corrected chi connectivity index (χ2v) is 5.92. The van der Waals surface area contributed by atoms with Crippen molar-refractivity contribution in [3.05, 3.63) is 46.4 Å². The zero-order valence-corrected chi connectivity index (χ0v) is 14.5. The number of nitriles is 1. The van der Waals surface area contributed by atoms with Crippen LogP contribution < -0.4 is 5.43 Å². The Morgan fingerprint density at radius 1 is 1.25 bits per heavy atom. The maximum Gasteiger partial charge on any atom is 0.252 e. The Morgan fingerprint density at radius 3 is 2.71 bits per heavy atom. The normalized spacial score (nSPS) is 10.9. The number of benzene rings is 1. The zero-order valence-electron chi connectivity index (χ0n) is 13.8. The van der Waals surface area contributed by atoms with Crippen LogP contribution >= 0.6 is 11.6 Å². The van der Waals surface area contributed by atoms with E-state index < -0.39 is 0 Å². The quantitative estimate of drug-likeness (QED) is 0.387. The number of hydrogen-bond acceptors (Lipinski definition) is 5. The molecule has 2 aromatic rings. The predicted molar refractivity (Wildman–Crippen MR) is 96.3 cm³/mol. The fourth-order valence-electron chi connectivity index (χ4n) is 2.22. The molecule has 1 aromatic heterocycles. The number of hydrogen-bond donors (Lipinski definition) is 1. The third-order valence-electron chi connectivity index (χ3n) is 3.52. The minimum atomic E-state index is 0.229. The molecule has 5 nitrogen and oxygen atoms in total. The minimum absolute atomic E-state index is 0.229. The second kappa shape index (κ2) is 9.74. The first kappa shape index (κ1) is 18.0. The fourth-order valence-corrected chi connectivity index (χ4v) is 2.34. The number of oxazole rings is 1. The van der Waals surface area contributed by atoms with Crippen LogP contribution in [0.2, 0.25) is 5.02 Å². The summed E-state index contributed by atoms with van der Waals surface area (Å²) in [6.45, 7) is 2.19. The van der Waals surface area contributed by atoms with Crippen molar-refractivity contribution in [1.82, 2.24) is 4.98 Å². The first-order valence-corrected chi connectivity index (χ1v) is 8.55. The van der Waals surface area contributed by atoms with Crippen LogP contribution in [0.25, 0.3) is 0 Å². The maximum absolute atomic E-state index is 9.14. The number of nitrogens with one attached hydrogen (secondary N) is 1. The number of unbranched alkanes of at least 4 members (excludes halogenated alkanes) is 4. The van der Waals surface area contributed by atoms with Crippen LogP contribution in [0.3, 0.4) is 0 Å². The molecular formula is C18H21ClN4O. The van der Waals surface area contributed by atoms with Gasteiger partial charge in [0.2, 0.25) is 5.69 Å². The van der Waals surface area contributed by atoms with E-state index in [0.717, 1.165) is 24.8 Å². The first-order chi connectivity index (χ1) is 11.7. The Hall–Kier alpha value is -2.32. The molecule has 0 bridgehead atoms. The van der Waals surface area contributed by atoms with Gasteiger partial charge in [-0.15, -0.1) is 0 Å². The summed E-state index contributed by atoms with van der Waals surface area (Å²) in [6.07, 6.45) is 8.22. The van der Waals surface area contributed by atoms with E-state index in [4.69, 9.17) is 21.3 Å². The van der Waals surface area contributed by atoms with Gasteiger partial charge in [-0.3, -0.25) is 0 Å². The Bertz CT molecular complexity index is 701. The van der Waals surface area contributed by atoms with Crippen LogP contribution in [0.1, 0.15) is 56.2 Å². The van der Waals surface area contributed by atoms with E-state index in [0.29, 0.717) is 10.9 Å². The van der Waals surface area contributed by atoms with E-state index in [9.17, 15) is 0 Å². The maximum atomic E-state index is 9.14. The van der Waals surface area contributed by atoms with Crippen molar-refractivity contribution in [3.8, 4) is 6.07 Å². The van der Waals surface area contributed by atoms with Gasteiger partial charge < -0.3 is 4.42 Å². The Balaban J connectivity index is 1.90. The van der Waals surface area contributed by atoms with Crippen molar-refractivity contribution < 1.29 is 4.42 Å². The summed E-state index contributed by atoms with van der Waals surface area (Å²) in [6, 6.07) is 9.29. The first-order valence-electron chi connectivity index (χ1n) is 8.17. The summed E-state index contributed by atoms with van der Waals surface area (Å²) < 4.78 is 5.59. The van der Waals surface area contributed by atoms with Gasteiger partial charge in [-0.1, -0.05) is 56.3 Å². The molecule has 0 aliphatic heterocycles. The van der Waals surface area contributed by atoms with Gasteiger partial charge >= 0.3 is 0 Å². The molecule has 0 spiro atoms. The van der Waals surface area contributed by atoms with Crippen molar-refractivity contribution in [2.45, 2.75) is 45.4 Å². The monoisotopic (exact) mass is 344 g/mol. The number of hydrazone groups is 1. The van der Waals surface area contributed by atoms with Gasteiger partial charge in [-0.05, 0) is 24.1 Å². The van der Waals surface area contributed by atoms with E-state index >= 15 is 0 Å². The van der Waals surface area contributed by atoms with Gasteiger partial charge in [-0.25, -0.2) is 10.4 Å². The van der Waals surface area contributed by atoms with E-state index in [1.165, 1.54) is 19.3 Å². The highest BCUT2D eigenvalue weighted by molar-refractivity contribution is 6.30. The molecule has 1 aromatic carbocycles. The Labute approximate surface area is 147 Å². The number of halogens is 1. The summed E-state index contributed by atoms with van der Waals surface area (Å²) in [7, 11) is 0. The molecule has 0 amide bonds. The predicted octanol–water partition coefficient (Wildman–Crippen LogP) is 5.16. The molecule has 0 saturated carbocycles. The smallest absolute Gasteiger partial charge is 0.252 e.